The molecule has 1 aromatic heterocycles. The number of carbonyl (C=O) groups is 1. The van der Waals surface area contributed by atoms with Gasteiger partial charge in [0.05, 0.1) is 5.56 Å². The molecule has 0 aliphatic heterocycles. The van der Waals surface area contributed by atoms with Crippen molar-refractivity contribution in [2.45, 2.75) is 6.92 Å². The van der Waals surface area contributed by atoms with Gasteiger partial charge in [-0.3, -0.25) is 0 Å². The van der Waals surface area contributed by atoms with Gasteiger partial charge in [-0.25, -0.2) is 14.8 Å². The summed E-state index contributed by atoms with van der Waals surface area (Å²) in [5.41, 5.74) is 0.886. The number of carboxylic acids is 1. The summed E-state index contributed by atoms with van der Waals surface area (Å²) in [6.45, 7) is 1.71. The molecule has 6 heteroatoms. The Labute approximate surface area is 117 Å². The Morgan fingerprint density at radius 3 is 2.56 bits per heavy atom. The number of nitrogens with zero attached hydrogens (tertiary/aromatic N) is 2. The summed E-state index contributed by atoms with van der Waals surface area (Å²) < 4.78 is 6.34. The third-order valence-electron chi connectivity index (χ3n) is 2.23. The van der Waals surface area contributed by atoms with Crippen molar-refractivity contribution in [3.05, 3.63) is 45.3 Å². The van der Waals surface area contributed by atoms with E-state index in [-0.39, 0.29) is 11.6 Å². The SMILES string of the molecule is Cc1cc(Oc2ncc(I)cn2)ccc1C(=O)O. The Kier molecular flexibility index (Phi) is 3.75. The average molecular weight is 356 g/mol. The number of rotatable bonds is 3. The molecule has 18 heavy (non-hydrogen) atoms. The van der Waals surface area contributed by atoms with Gasteiger partial charge in [0.25, 0.3) is 0 Å². The zero-order valence-corrected chi connectivity index (χ0v) is 11.6. The second-order valence-electron chi connectivity index (χ2n) is 3.57. The summed E-state index contributed by atoms with van der Waals surface area (Å²) in [6, 6.07) is 4.96. The lowest BCUT2D eigenvalue weighted by Gasteiger charge is -2.06. The normalized spacial score (nSPS) is 10.1. The molecular weight excluding hydrogens is 347 g/mol. The second kappa shape index (κ2) is 5.30. The smallest absolute Gasteiger partial charge is 0.335 e. The predicted molar refractivity (Wildman–Crippen MR) is 73.0 cm³/mol. The molecule has 0 unspecified atom stereocenters. The Balaban J connectivity index is 2.22. The lowest BCUT2D eigenvalue weighted by Crippen LogP contribution is -2.00. The first-order chi connectivity index (χ1) is 8.56. The molecular formula is C12H9IN2O3. The molecule has 0 spiro atoms. The molecule has 1 heterocycles. The van der Waals surface area contributed by atoms with Crippen molar-refractivity contribution in [2.24, 2.45) is 0 Å². The van der Waals surface area contributed by atoms with E-state index in [4.69, 9.17) is 9.84 Å². The molecule has 1 aromatic carbocycles. The van der Waals surface area contributed by atoms with E-state index < -0.39 is 5.97 Å². The van der Waals surface area contributed by atoms with Gasteiger partial charge in [0, 0.05) is 16.0 Å². The Morgan fingerprint density at radius 2 is 2.00 bits per heavy atom. The highest BCUT2D eigenvalue weighted by atomic mass is 127. The maximum absolute atomic E-state index is 10.9. The van der Waals surface area contributed by atoms with E-state index >= 15 is 0 Å². The lowest BCUT2D eigenvalue weighted by molar-refractivity contribution is 0.0696. The number of hydrogen-bond acceptors (Lipinski definition) is 4. The topological polar surface area (TPSA) is 72.3 Å². The number of ether oxygens (including phenoxy) is 1. The summed E-state index contributed by atoms with van der Waals surface area (Å²) in [5.74, 6) is -0.441. The number of carboxylic acid groups (broad SMARTS) is 1. The highest BCUT2D eigenvalue weighted by molar-refractivity contribution is 14.1. The predicted octanol–water partition coefficient (Wildman–Crippen LogP) is 2.88. The van der Waals surface area contributed by atoms with Crippen LogP contribution in [0.1, 0.15) is 15.9 Å². The zero-order valence-electron chi connectivity index (χ0n) is 9.42. The lowest BCUT2D eigenvalue weighted by atomic mass is 10.1. The van der Waals surface area contributed by atoms with Gasteiger partial charge in [0.2, 0.25) is 0 Å². The third kappa shape index (κ3) is 2.95. The van der Waals surface area contributed by atoms with Crippen LogP contribution in [0.15, 0.2) is 30.6 Å². The van der Waals surface area contributed by atoms with Crippen LogP contribution in [-0.2, 0) is 0 Å². The van der Waals surface area contributed by atoms with Crippen LogP contribution in [0.2, 0.25) is 0 Å². The first kappa shape index (κ1) is 12.7. The first-order valence-electron chi connectivity index (χ1n) is 5.05. The van der Waals surface area contributed by atoms with Gasteiger partial charge in [-0.1, -0.05) is 0 Å². The van der Waals surface area contributed by atoms with Crippen molar-refractivity contribution in [1.29, 1.82) is 0 Å². The number of benzene rings is 1. The highest BCUT2D eigenvalue weighted by Gasteiger charge is 2.08. The average Bonchev–Trinajstić information content (AvgIpc) is 2.32. The van der Waals surface area contributed by atoms with Crippen molar-refractivity contribution < 1.29 is 14.6 Å². The van der Waals surface area contributed by atoms with Gasteiger partial charge in [0.15, 0.2) is 0 Å². The number of aromatic carboxylic acids is 1. The van der Waals surface area contributed by atoms with Crippen LogP contribution in [0.3, 0.4) is 0 Å². The molecule has 0 saturated heterocycles. The third-order valence-corrected chi connectivity index (χ3v) is 2.79. The molecule has 0 saturated carbocycles. The largest absolute Gasteiger partial charge is 0.478 e. The van der Waals surface area contributed by atoms with E-state index in [1.807, 2.05) is 0 Å². The van der Waals surface area contributed by atoms with Crippen molar-refractivity contribution in [3.63, 3.8) is 0 Å². The van der Waals surface area contributed by atoms with Crippen LogP contribution in [0.25, 0.3) is 0 Å². The molecule has 1 N–H and O–H groups in total. The minimum atomic E-state index is -0.954. The molecule has 5 nitrogen and oxygen atoms in total. The van der Waals surface area contributed by atoms with E-state index in [2.05, 4.69) is 32.6 Å². The van der Waals surface area contributed by atoms with Crippen LogP contribution in [0.4, 0.5) is 0 Å². The van der Waals surface area contributed by atoms with Crippen LogP contribution in [-0.4, -0.2) is 21.0 Å². The fourth-order valence-corrected chi connectivity index (χ4v) is 1.68. The number of halogens is 1. The van der Waals surface area contributed by atoms with Crippen LogP contribution >= 0.6 is 22.6 Å². The van der Waals surface area contributed by atoms with Crippen molar-refractivity contribution in [1.82, 2.24) is 9.97 Å². The van der Waals surface area contributed by atoms with E-state index in [1.54, 1.807) is 31.5 Å². The summed E-state index contributed by atoms with van der Waals surface area (Å²) in [6.07, 6.45) is 3.28. The second-order valence-corrected chi connectivity index (χ2v) is 4.81. The minimum Gasteiger partial charge on any atom is -0.478 e. The van der Waals surface area contributed by atoms with Gasteiger partial charge in [-0.05, 0) is 53.3 Å². The number of aryl methyl sites for hydroxylation is 1. The van der Waals surface area contributed by atoms with Gasteiger partial charge >= 0.3 is 12.0 Å². The van der Waals surface area contributed by atoms with Crippen LogP contribution < -0.4 is 4.74 Å². The van der Waals surface area contributed by atoms with E-state index in [0.29, 0.717) is 11.3 Å². The molecule has 92 valence electrons. The summed E-state index contributed by atoms with van der Waals surface area (Å²) in [4.78, 5) is 18.9. The quantitative estimate of drug-likeness (QED) is 0.857. The van der Waals surface area contributed by atoms with Crippen LogP contribution in [0, 0.1) is 10.5 Å². The van der Waals surface area contributed by atoms with Crippen molar-refractivity contribution >= 4 is 28.6 Å². The number of aromatic nitrogens is 2. The molecule has 2 aromatic rings. The monoisotopic (exact) mass is 356 g/mol. The fourth-order valence-electron chi connectivity index (χ4n) is 1.40. The van der Waals surface area contributed by atoms with Gasteiger partial charge < -0.3 is 9.84 Å². The molecule has 0 radical (unpaired) electrons. The molecule has 0 aliphatic rings. The van der Waals surface area contributed by atoms with Gasteiger partial charge in [-0.2, -0.15) is 0 Å². The minimum absolute atomic E-state index is 0.234. The summed E-state index contributed by atoms with van der Waals surface area (Å²) >= 11 is 2.10. The zero-order chi connectivity index (χ0) is 13.1. The van der Waals surface area contributed by atoms with E-state index in [0.717, 1.165) is 3.57 Å². The number of hydrogen-bond donors (Lipinski definition) is 1. The Morgan fingerprint density at radius 1 is 1.33 bits per heavy atom. The molecule has 0 aliphatic carbocycles. The summed E-state index contributed by atoms with van der Waals surface area (Å²) in [7, 11) is 0. The maximum atomic E-state index is 10.9. The van der Waals surface area contributed by atoms with Crippen molar-refractivity contribution in [3.8, 4) is 11.8 Å². The molecule has 0 bridgehead atoms. The highest BCUT2D eigenvalue weighted by Crippen LogP contribution is 2.21. The van der Waals surface area contributed by atoms with Crippen LogP contribution in [0.5, 0.6) is 11.8 Å². The standard InChI is InChI=1S/C12H9IN2O3/c1-7-4-9(2-3-10(7)11(16)17)18-12-14-5-8(13)6-15-12/h2-6H,1H3,(H,16,17). The van der Waals surface area contributed by atoms with Gasteiger partial charge in [-0.15, -0.1) is 0 Å². The molecule has 2 rings (SSSR count). The fraction of sp³-hybridized carbons (Fsp3) is 0.0833. The summed E-state index contributed by atoms with van der Waals surface area (Å²) in [5, 5.41) is 8.91. The molecule has 0 atom stereocenters. The Bertz CT molecular complexity index is 584. The first-order valence-corrected chi connectivity index (χ1v) is 6.13. The van der Waals surface area contributed by atoms with E-state index in [1.165, 1.54) is 6.07 Å². The molecule has 0 amide bonds. The maximum Gasteiger partial charge on any atom is 0.335 e. The Hall–Kier alpha value is -1.70. The molecule has 0 fully saturated rings. The van der Waals surface area contributed by atoms with Gasteiger partial charge in [0.1, 0.15) is 5.75 Å². The van der Waals surface area contributed by atoms with Crippen molar-refractivity contribution in [2.75, 3.05) is 0 Å². The van der Waals surface area contributed by atoms with E-state index in [9.17, 15) is 4.79 Å².